The summed E-state index contributed by atoms with van der Waals surface area (Å²) in [5.41, 5.74) is 8.87. The molecule has 0 spiro atoms. The third-order valence-corrected chi connectivity index (χ3v) is 6.45. The van der Waals surface area contributed by atoms with Crippen molar-refractivity contribution in [3.63, 3.8) is 0 Å². The van der Waals surface area contributed by atoms with E-state index in [1.165, 1.54) is 4.52 Å². The van der Waals surface area contributed by atoms with Crippen LogP contribution in [0.1, 0.15) is 40.2 Å². The van der Waals surface area contributed by atoms with Crippen LogP contribution in [0.25, 0.3) is 27.7 Å². The maximum Gasteiger partial charge on any atom is 0.259 e. The van der Waals surface area contributed by atoms with Crippen molar-refractivity contribution in [2.45, 2.75) is 13.0 Å². The van der Waals surface area contributed by atoms with E-state index in [-0.39, 0.29) is 16.8 Å². The van der Waals surface area contributed by atoms with Gasteiger partial charge in [-0.05, 0) is 30.7 Å². The first-order chi connectivity index (χ1) is 19.4. The Kier molecular flexibility index (Phi) is 6.09. The van der Waals surface area contributed by atoms with E-state index < -0.39 is 11.9 Å². The quantitative estimate of drug-likeness (QED) is 0.333. The summed E-state index contributed by atoms with van der Waals surface area (Å²) in [6, 6.07) is 15.5. The molecule has 6 aromatic rings. The monoisotopic (exact) mass is 529 g/mol. The minimum atomic E-state index is -0.706. The van der Waals surface area contributed by atoms with Crippen LogP contribution in [0.5, 0.6) is 0 Å². The van der Waals surface area contributed by atoms with Crippen molar-refractivity contribution in [2.75, 3.05) is 5.73 Å². The lowest BCUT2D eigenvalue weighted by molar-refractivity contribution is 0.0938. The van der Waals surface area contributed by atoms with Gasteiger partial charge >= 0.3 is 0 Å². The summed E-state index contributed by atoms with van der Waals surface area (Å²) in [6.45, 7) is 1.75. The predicted molar refractivity (Wildman–Crippen MR) is 150 cm³/mol. The minimum absolute atomic E-state index is 0.0449. The number of rotatable bonds is 4. The first-order valence-corrected chi connectivity index (χ1v) is 12.5. The zero-order valence-electron chi connectivity index (χ0n) is 21.6. The molecule has 0 unspecified atom stereocenters. The first kappa shape index (κ1) is 24.6. The number of nitrogens with zero attached hydrogens (tertiary/aromatic N) is 5. The highest BCUT2D eigenvalue weighted by molar-refractivity contribution is 6.04. The number of carbonyl (C=O) groups excluding carboxylic acids is 1. The van der Waals surface area contributed by atoms with E-state index in [0.717, 1.165) is 5.56 Å². The molecule has 0 bridgehead atoms. The van der Waals surface area contributed by atoms with E-state index in [1.54, 1.807) is 60.7 Å². The molecule has 0 radical (unpaired) electrons. The van der Waals surface area contributed by atoms with Crippen LogP contribution in [0.4, 0.5) is 5.82 Å². The zero-order valence-corrected chi connectivity index (χ0v) is 21.6. The molecule has 2 aromatic carbocycles. The van der Waals surface area contributed by atoms with Crippen LogP contribution in [0.15, 0.2) is 88.6 Å². The fourth-order valence-corrected chi connectivity index (χ4v) is 4.63. The Hall–Kier alpha value is -5.69. The van der Waals surface area contributed by atoms with Gasteiger partial charge in [0.05, 0.1) is 28.8 Å². The van der Waals surface area contributed by atoms with Gasteiger partial charge in [0.15, 0.2) is 11.5 Å². The van der Waals surface area contributed by atoms with Crippen LogP contribution in [0.2, 0.25) is 0 Å². The second-order valence-electron chi connectivity index (χ2n) is 9.21. The van der Waals surface area contributed by atoms with Crippen molar-refractivity contribution in [1.29, 1.82) is 0 Å². The number of anilines is 1. The molecular formula is C30H23N7O3. The number of hydrogen-bond acceptors (Lipinski definition) is 7. The first-order valence-electron chi connectivity index (χ1n) is 12.5. The van der Waals surface area contributed by atoms with Crippen LogP contribution in [0.3, 0.4) is 0 Å². The fourth-order valence-electron chi connectivity index (χ4n) is 4.63. The smallest absolute Gasteiger partial charge is 0.259 e. The van der Waals surface area contributed by atoms with Crippen molar-refractivity contribution in [2.24, 2.45) is 7.05 Å². The molecule has 1 amide bonds. The highest BCUT2D eigenvalue weighted by Gasteiger charge is 2.26. The van der Waals surface area contributed by atoms with E-state index in [0.29, 0.717) is 39.1 Å². The largest absolute Gasteiger partial charge is 0.458 e. The van der Waals surface area contributed by atoms with Gasteiger partial charge in [-0.3, -0.25) is 14.3 Å². The van der Waals surface area contributed by atoms with Gasteiger partial charge in [0.1, 0.15) is 16.9 Å². The summed E-state index contributed by atoms with van der Waals surface area (Å²) in [4.78, 5) is 31.7. The summed E-state index contributed by atoms with van der Waals surface area (Å²) < 4.78 is 9.46. The molecule has 3 N–H and O–H groups in total. The van der Waals surface area contributed by atoms with Gasteiger partial charge in [0.25, 0.3) is 5.91 Å². The third-order valence-electron chi connectivity index (χ3n) is 6.45. The molecule has 0 aliphatic heterocycles. The fraction of sp³-hybridized carbons (Fsp3) is 0.100. The number of aromatic nitrogens is 5. The SMILES string of the molecule is C[C@@H](NC(=O)c1c(N)nn2cccnc12)c1oc2cccc(C#Cc3cnn(C)c3)c2c(=O)c1-c1ccccc1. The van der Waals surface area contributed by atoms with Gasteiger partial charge < -0.3 is 15.5 Å². The van der Waals surface area contributed by atoms with Crippen molar-refractivity contribution in [3.8, 4) is 23.0 Å². The van der Waals surface area contributed by atoms with Crippen LogP contribution in [-0.2, 0) is 7.05 Å². The molecular weight excluding hydrogens is 506 g/mol. The molecule has 1 atom stereocenters. The van der Waals surface area contributed by atoms with Gasteiger partial charge in [-0.2, -0.15) is 5.10 Å². The molecule has 10 nitrogen and oxygen atoms in total. The van der Waals surface area contributed by atoms with Crippen molar-refractivity contribution < 1.29 is 9.21 Å². The van der Waals surface area contributed by atoms with Gasteiger partial charge in [-0.25, -0.2) is 9.50 Å². The van der Waals surface area contributed by atoms with E-state index in [4.69, 9.17) is 10.2 Å². The molecule has 40 heavy (non-hydrogen) atoms. The number of nitrogens with two attached hydrogens (primary N) is 1. The number of fused-ring (bicyclic) bond motifs is 2. The van der Waals surface area contributed by atoms with Crippen LogP contribution in [0, 0.1) is 11.8 Å². The van der Waals surface area contributed by atoms with E-state index in [9.17, 15) is 9.59 Å². The van der Waals surface area contributed by atoms with Gasteiger partial charge in [0.2, 0.25) is 5.43 Å². The highest BCUT2D eigenvalue weighted by Crippen LogP contribution is 2.30. The Morgan fingerprint density at radius 2 is 1.93 bits per heavy atom. The van der Waals surface area contributed by atoms with Gasteiger partial charge in [0, 0.05) is 31.2 Å². The van der Waals surface area contributed by atoms with Crippen molar-refractivity contribution in [3.05, 3.63) is 112 Å². The second kappa shape index (κ2) is 9.89. The Morgan fingerprint density at radius 3 is 2.70 bits per heavy atom. The maximum atomic E-state index is 14.1. The van der Waals surface area contributed by atoms with Gasteiger partial charge in [-0.1, -0.05) is 48.2 Å². The van der Waals surface area contributed by atoms with Crippen LogP contribution < -0.4 is 16.5 Å². The average Bonchev–Trinajstić information content (AvgIpc) is 3.53. The molecule has 0 fully saturated rings. The summed E-state index contributed by atoms with van der Waals surface area (Å²) in [5, 5.41) is 11.6. The number of carbonyl (C=O) groups is 1. The Morgan fingerprint density at radius 1 is 1.10 bits per heavy atom. The van der Waals surface area contributed by atoms with Crippen molar-refractivity contribution >= 4 is 28.3 Å². The number of nitrogen functional groups attached to an aromatic ring is 1. The Labute approximate surface area is 228 Å². The summed E-state index contributed by atoms with van der Waals surface area (Å²) >= 11 is 0. The molecule has 6 rings (SSSR count). The van der Waals surface area contributed by atoms with E-state index in [2.05, 4.69) is 32.3 Å². The van der Waals surface area contributed by atoms with Gasteiger partial charge in [-0.15, -0.1) is 5.10 Å². The average molecular weight is 530 g/mol. The standard InChI is InChI=1S/C30H23N7O3/c1-18(34-30(39)25-28(31)35-37-15-7-14-32-29(25)37)27-24(20-8-4-3-5-9-20)26(38)23-21(10-6-11-22(23)40-27)13-12-19-16-33-36(2)17-19/h3-11,14-18H,1-2H3,(H2,31,35)(H,34,39)/t18-/m1/s1. The number of amides is 1. The summed E-state index contributed by atoms with van der Waals surface area (Å²) in [7, 11) is 1.81. The normalized spacial score (nSPS) is 11.8. The number of aryl methyl sites for hydroxylation is 1. The van der Waals surface area contributed by atoms with E-state index in [1.807, 2.05) is 37.4 Å². The molecule has 0 aliphatic rings. The Bertz CT molecular complexity index is 2030. The molecule has 0 saturated carbocycles. The number of nitrogens with one attached hydrogen (secondary N) is 1. The third kappa shape index (κ3) is 4.35. The molecule has 0 aliphatic carbocycles. The highest BCUT2D eigenvalue weighted by atomic mass is 16.3. The molecule has 0 saturated heterocycles. The van der Waals surface area contributed by atoms with Crippen LogP contribution in [-0.4, -0.2) is 30.3 Å². The lowest BCUT2D eigenvalue weighted by Crippen LogP contribution is -2.28. The number of hydrogen-bond donors (Lipinski definition) is 2. The van der Waals surface area contributed by atoms with E-state index >= 15 is 0 Å². The second-order valence-corrected chi connectivity index (χ2v) is 9.21. The molecule has 4 aromatic heterocycles. The van der Waals surface area contributed by atoms with Crippen LogP contribution >= 0.6 is 0 Å². The predicted octanol–water partition coefficient (Wildman–Crippen LogP) is 3.71. The lowest BCUT2D eigenvalue weighted by Gasteiger charge is -2.18. The minimum Gasteiger partial charge on any atom is -0.458 e. The number of benzene rings is 2. The maximum absolute atomic E-state index is 14.1. The lowest BCUT2D eigenvalue weighted by atomic mass is 9.97. The molecule has 196 valence electrons. The molecule has 10 heteroatoms. The summed E-state index contributed by atoms with van der Waals surface area (Å²) in [5.74, 6) is 6.02. The topological polar surface area (TPSA) is 133 Å². The Balaban J connectivity index is 1.48. The molecule has 4 heterocycles. The zero-order chi connectivity index (χ0) is 27.8. The summed E-state index contributed by atoms with van der Waals surface area (Å²) in [6.07, 6.45) is 6.67. The van der Waals surface area contributed by atoms with Crippen molar-refractivity contribution in [1.82, 2.24) is 29.7 Å².